The molecule has 0 bridgehead atoms. The third-order valence-corrected chi connectivity index (χ3v) is 14.1. The fourth-order valence-electron chi connectivity index (χ4n) is 6.87. The van der Waals surface area contributed by atoms with Gasteiger partial charge in [-0.3, -0.25) is 0 Å². The van der Waals surface area contributed by atoms with Crippen molar-refractivity contribution < 1.29 is 0 Å². The van der Waals surface area contributed by atoms with Gasteiger partial charge in [0.2, 0.25) is 0 Å². The van der Waals surface area contributed by atoms with E-state index in [1.807, 2.05) is 0 Å². The molecule has 42 heavy (non-hydrogen) atoms. The predicted octanol–water partition coefficient (Wildman–Crippen LogP) is 8.67. The lowest BCUT2D eigenvalue weighted by Gasteiger charge is -2.38. The van der Waals surface area contributed by atoms with Crippen LogP contribution in [-0.2, 0) is 30.1 Å². The fraction of sp³-hybridized carbons (Fsp3) is 0.366. The Labute approximate surface area is 256 Å². The van der Waals surface area contributed by atoms with Gasteiger partial charge < -0.3 is 0 Å². The number of rotatable bonds is 6. The summed E-state index contributed by atoms with van der Waals surface area (Å²) in [6.07, 6.45) is 5.68. The van der Waals surface area contributed by atoms with Crippen LogP contribution in [0.3, 0.4) is 0 Å². The summed E-state index contributed by atoms with van der Waals surface area (Å²) in [7, 11) is -2.71. The van der Waals surface area contributed by atoms with Crippen molar-refractivity contribution in [2.24, 2.45) is 0 Å². The van der Waals surface area contributed by atoms with Crippen molar-refractivity contribution in [2.75, 3.05) is 0 Å². The van der Waals surface area contributed by atoms with Gasteiger partial charge in [-0.25, -0.2) is 0 Å². The fourth-order valence-corrected chi connectivity index (χ4v) is 12.2. The number of benzene rings is 4. The van der Waals surface area contributed by atoms with Gasteiger partial charge in [0.1, 0.15) is 0 Å². The van der Waals surface area contributed by atoms with E-state index in [4.69, 9.17) is 0 Å². The summed E-state index contributed by atoms with van der Waals surface area (Å²) < 4.78 is 0. The van der Waals surface area contributed by atoms with Crippen LogP contribution in [0.2, 0.25) is 0 Å². The van der Waals surface area contributed by atoms with Crippen LogP contribution in [0.15, 0.2) is 84.1 Å². The van der Waals surface area contributed by atoms with Crippen molar-refractivity contribution in [3.63, 3.8) is 0 Å². The molecule has 0 N–H and O–H groups in total. The minimum Gasteiger partial charge on any atom is -0.0624 e. The van der Waals surface area contributed by atoms with E-state index in [-0.39, 0.29) is 10.8 Å². The molecule has 218 valence electrons. The Kier molecular flexibility index (Phi) is 8.05. The Bertz CT molecular complexity index is 1580. The third-order valence-electron chi connectivity index (χ3n) is 9.30. The number of fused-ring (bicyclic) bond motifs is 1. The van der Waals surface area contributed by atoms with Crippen LogP contribution in [0.1, 0.15) is 99.9 Å². The molecule has 0 aromatic heterocycles. The van der Waals surface area contributed by atoms with Crippen LogP contribution in [0.4, 0.5) is 0 Å². The summed E-state index contributed by atoms with van der Waals surface area (Å²) in [6.45, 7) is 23.4. The highest BCUT2D eigenvalue weighted by molar-refractivity contribution is 7.16. The molecule has 0 radical (unpaired) electrons. The standard InChI is InChI=1S/C41H50Si/c1-11-30-20-31(12-2)22-37(21-30)42(36-18-28(3)17-29(4)19-36,38-23-32-15-13-14-16-33(32)24-38)39-26-34(40(5,6)7)25-35(27-39)41(8,9)10/h13-23,25-27H,11-12,24H2,1-10H3. The molecule has 0 saturated carbocycles. The van der Waals surface area contributed by atoms with E-state index in [1.54, 1.807) is 5.20 Å². The molecule has 4 aromatic rings. The molecule has 5 rings (SSSR count). The molecule has 0 saturated heterocycles. The van der Waals surface area contributed by atoms with Crippen LogP contribution in [0.5, 0.6) is 0 Å². The van der Waals surface area contributed by atoms with E-state index in [9.17, 15) is 0 Å². The highest BCUT2D eigenvalue weighted by Gasteiger charge is 2.46. The molecular weight excluding hydrogens is 521 g/mol. The van der Waals surface area contributed by atoms with Gasteiger partial charge in [0.15, 0.2) is 8.07 Å². The molecule has 1 aliphatic rings. The minimum atomic E-state index is -2.71. The Morgan fingerprint density at radius 3 is 1.60 bits per heavy atom. The lowest BCUT2D eigenvalue weighted by molar-refractivity contribution is 0.569. The second kappa shape index (κ2) is 11.2. The molecule has 0 fully saturated rings. The van der Waals surface area contributed by atoms with Crippen LogP contribution in [-0.4, -0.2) is 8.07 Å². The Morgan fingerprint density at radius 1 is 0.595 bits per heavy atom. The van der Waals surface area contributed by atoms with Gasteiger partial charge in [0, 0.05) is 0 Å². The van der Waals surface area contributed by atoms with Crippen molar-refractivity contribution >= 4 is 29.7 Å². The van der Waals surface area contributed by atoms with E-state index in [1.165, 1.54) is 60.1 Å². The molecule has 1 aliphatic carbocycles. The van der Waals surface area contributed by atoms with Gasteiger partial charge in [0.05, 0.1) is 0 Å². The molecular formula is C41H50Si. The molecule has 1 heteroatoms. The molecule has 4 aromatic carbocycles. The zero-order valence-corrected chi connectivity index (χ0v) is 28.7. The van der Waals surface area contributed by atoms with Crippen molar-refractivity contribution in [2.45, 2.75) is 99.3 Å². The van der Waals surface area contributed by atoms with Gasteiger partial charge in [-0.05, 0) is 92.9 Å². The zero-order valence-electron chi connectivity index (χ0n) is 27.7. The van der Waals surface area contributed by atoms with Gasteiger partial charge in [-0.2, -0.15) is 0 Å². The Hall–Kier alpha value is -3.16. The van der Waals surface area contributed by atoms with Crippen LogP contribution < -0.4 is 15.6 Å². The van der Waals surface area contributed by atoms with Gasteiger partial charge in [-0.1, -0.05) is 157 Å². The maximum atomic E-state index is 2.60. The first-order valence-electron chi connectivity index (χ1n) is 15.9. The van der Waals surface area contributed by atoms with Crippen molar-refractivity contribution in [1.82, 2.24) is 0 Å². The molecule has 0 spiro atoms. The summed E-state index contributed by atoms with van der Waals surface area (Å²) >= 11 is 0. The molecule has 0 amide bonds. The van der Waals surface area contributed by atoms with Gasteiger partial charge >= 0.3 is 0 Å². The van der Waals surface area contributed by atoms with Crippen LogP contribution >= 0.6 is 0 Å². The summed E-state index contributed by atoms with van der Waals surface area (Å²) in [4.78, 5) is 0. The number of hydrogen-bond acceptors (Lipinski definition) is 0. The minimum absolute atomic E-state index is 0.0472. The lowest BCUT2D eigenvalue weighted by atomic mass is 9.81. The highest BCUT2D eigenvalue weighted by Crippen LogP contribution is 2.35. The van der Waals surface area contributed by atoms with E-state index in [0.29, 0.717) is 0 Å². The molecule has 1 atom stereocenters. The number of hydrogen-bond donors (Lipinski definition) is 0. The average molecular weight is 571 g/mol. The second-order valence-corrected chi connectivity index (χ2v) is 18.6. The first-order valence-corrected chi connectivity index (χ1v) is 17.9. The van der Waals surface area contributed by atoms with E-state index in [2.05, 4.69) is 154 Å². The normalized spacial score (nSPS) is 14.9. The first-order chi connectivity index (χ1) is 19.7. The smallest absolute Gasteiger partial charge is 0.0624 e. The van der Waals surface area contributed by atoms with Crippen molar-refractivity contribution in [3.05, 3.63) is 129 Å². The predicted molar refractivity (Wildman–Crippen MR) is 188 cm³/mol. The summed E-state index contributed by atoms with van der Waals surface area (Å²) in [5.74, 6) is 0. The van der Waals surface area contributed by atoms with Crippen molar-refractivity contribution in [1.29, 1.82) is 0 Å². The Morgan fingerprint density at radius 2 is 1.10 bits per heavy atom. The topological polar surface area (TPSA) is 0 Å². The quantitative estimate of drug-likeness (QED) is 0.161. The summed E-state index contributed by atoms with van der Waals surface area (Å²) in [6, 6.07) is 31.7. The summed E-state index contributed by atoms with van der Waals surface area (Å²) in [5, 5.41) is 6.18. The number of aryl methyl sites for hydroxylation is 4. The maximum Gasteiger partial charge on any atom is 0.176 e. The SMILES string of the molecule is CCc1cc(CC)cc([Si](C2=Cc3ccccc3C2)(c2cc(C)cc(C)c2)c2cc(C(C)(C)C)cc(C(C)(C)C)c2)c1. The van der Waals surface area contributed by atoms with Crippen LogP contribution in [0, 0.1) is 13.8 Å². The molecule has 1 unspecified atom stereocenters. The Balaban J connectivity index is 2.01. The van der Waals surface area contributed by atoms with Gasteiger partial charge in [0.25, 0.3) is 0 Å². The maximum absolute atomic E-state index is 2.71. The second-order valence-electron chi connectivity index (χ2n) is 14.7. The zero-order chi connectivity index (χ0) is 30.4. The molecule has 0 nitrogen and oxygen atoms in total. The number of allylic oxidation sites excluding steroid dienone is 1. The van der Waals surface area contributed by atoms with Crippen molar-refractivity contribution in [3.8, 4) is 0 Å². The van der Waals surface area contributed by atoms with E-state index < -0.39 is 8.07 Å². The highest BCUT2D eigenvalue weighted by atomic mass is 28.3. The van der Waals surface area contributed by atoms with Gasteiger partial charge in [-0.15, -0.1) is 0 Å². The van der Waals surface area contributed by atoms with E-state index in [0.717, 1.165) is 19.3 Å². The lowest BCUT2D eigenvalue weighted by Crippen LogP contribution is -2.69. The molecule has 0 heterocycles. The molecule has 0 aliphatic heterocycles. The third kappa shape index (κ3) is 5.61. The monoisotopic (exact) mass is 570 g/mol. The van der Waals surface area contributed by atoms with E-state index >= 15 is 0 Å². The largest absolute Gasteiger partial charge is 0.176 e. The summed E-state index contributed by atoms with van der Waals surface area (Å²) in [5.41, 5.74) is 11.4. The first kappa shape index (κ1) is 30.3. The van der Waals surface area contributed by atoms with Crippen LogP contribution in [0.25, 0.3) is 6.08 Å². The average Bonchev–Trinajstić information content (AvgIpc) is 3.36.